The number of nitrogens with one attached hydrogen (secondary N) is 2. The SMILES string of the molecule is CSCCCNCc1cnc[nH]1. The molecule has 68 valence electrons. The highest BCUT2D eigenvalue weighted by molar-refractivity contribution is 7.98. The van der Waals surface area contributed by atoms with Gasteiger partial charge in [0.25, 0.3) is 0 Å². The minimum atomic E-state index is 0.897. The topological polar surface area (TPSA) is 40.7 Å². The van der Waals surface area contributed by atoms with Crippen LogP contribution in [0.3, 0.4) is 0 Å². The number of nitrogens with zero attached hydrogens (tertiary/aromatic N) is 1. The molecule has 12 heavy (non-hydrogen) atoms. The highest BCUT2D eigenvalue weighted by atomic mass is 32.2. The van der Waals surface area contributed by atoms with Crippen LogP contribution >= 0.6 is 11.8 Å². The van der Waals surface area contributed by atoms with Crippen LogP contribution in [-0.2, 0) is 6.54 Å². The van der Waals surface area contributed by atoms with Gasteiger partial charge >= 0.3 is 0 Å². The molecule has 0 aliphatic carbocycles. The summed E-state index contributed by atoms with van der Waals surface area (Å²) in [6.45, 7) is 1.98. The smallest absolute Gasteiger partial charge is 0.0922 e. The molecule has 0 saturated carbocycles. The molecule has 0 spiro atoms. The maximum absolute atomic E-state index is 3.94. The minimum absolute atomic E-state index is 0.897. The van der Waals surface area contributed by atoms with E-state index in [1.54, 1.807) is 6.33 Å². The van der Waals surface area contributed by atoms with Crippen LogP contribution in [0.15, 0.2) is 12.5 Å². The fourth-order valence-corrected chi connectivity index (χ4v) is 1.38. The first-order valence-corrected chi connectivity index (χ1v) is 5.50. The van der Waals surface area contributed by atoms with E-state index in [0.717, 1.165) is 18.8 Å². The van der Waals surface area contributed by atoms with Gasteiger partial charge in [0.1, 0.15) is 0 Å². The van der Waals surface area contributed by atoms with Gasteiger partial charge < -0.3 is 10.3 Å². The zero-order valence-electron chi connectivity index (χ0n) is 7.34. The van der Waals surface area contributed by atoms with Crippen molar-refractivity contribution in [2.45, 2.75) is 13.0 Å². The molecular weight excluding hydrogens is 170 g/mol. The Kier molecular flexibility index (Phi) is 4.87. The van der Waals surface area contributed by atoms with Crippen molar-refractivity contribution < 1.29 is 0 Å². The molecule has 3 nitrogen and oxygen atoms in total. The second-order valence-corrected chi connectivity index (χ2v) is 3.59. The maximum Gasteiger partial charge on any atom is 0.0922 e. The average molecular weight is 185 g/mol. The number of hydrogen-bond donors (Lipinski definition) is 2. The van der Waals surface area contributed by atoms with Crippen LogP contribution in [0, 0.1) is 0 Å². The van der Waals surface area contributed by atoms with E-state index >= 15 is 0 Å². The molecule has 0 aromatic carbocycles. The number of hydrogen-bond acceptors (Lipinski definition) is 3. The number of H-pyrrole nitrogens is 1. The average Bonchev–Trinajstić information content (AvgIpc) is 2.57. The lowest BCUT2D eigenvalue weighted by Crippen LogP contribution is -2.15. The first kappa shape index (κ1) is 9.61. The van der Waals surface area contributed by atoms with Crippen molar-refractivity contribution in [2.75, 3.05) is 18.6 Å². The Morgan fingerprint density at radius 3 is 3.25 bits per heavy atom. The third-order valence-corrected chi connectivity index (χ3v) is 2.27. The van der Waals surface area contributed by atoms with Gasteiger partial charge in [-0.3, -0.25) is 0 Å². The van der Waals surface area contributed by atoms with Gasteiger partial charge in [0.2, 0.25) is 0 Å². The number of aromatic amines is 1. The Hall–Kier alpha value is -0.480. The number of imidazole rings is 1. The molecule has 0 unspecified atom stereocenters. The van der Waals surface area contributed by atoms with Crippen molar-refractivity contribution in [1.29, 1.82) is 0 Å². The van der Waals surface area contributed by atoms with E-state index in [1.807, 2.05) is 18.0 Å². The molecule has 0 bridgehead atoms. The fourth-order valence-electron chi connectivity index (χ4n) is 0.946. The van der Waals surface area contributed by atoms with Crippen molar-refractivity contribution in [3.8, 4) is 0 Å². The predicted octanol–water partition coefficient (Wildman–Crippen LogP) is 1.25. The van der Waals surface area contributed by atoms with E-state index in [4.69, 9.17) is 0 Å². The summed E-state index contributed by atoms with van der Waals surface area (Å²) in [4.78, 5) is 6.99. The minimum Gasteiger partial charge on any atom is -0.347 e. The molecule has 0 radical (unpaired) electrons. The Bertz CT molecular complexity index is 186. The third kappa shape index (κ3) is 3.78. The first-order chi connectivity index (χ1) is 5.93. The zero-order chi connectivity index (χ0) is 8.65. The number of thioether (sulfide) groups is 1. The molecule has 1 rings (SSSR count). The fraction of sp³-hybridized carbons (Fsp3) is 0.625. The van der Waals surface area contributed by atoms with Gasteiger partial charge in [-0.25, -0.2) is 4.98 Å². The van der Waals surface area contributed by atoms with Crippen molar-refractivity contribution in [2.24, 2.45) is 0 Å². The van der Waals surface area contributed by atoms with Crippen LogP contribution in [0.2, 0.25) is 0 Å². The Morgan fingerprint density at radius 2 is 2.58 bits per heavy atom. The lowest BCUT2D eigenvalue weighted by atomic mass is 10.4. The molecule has 0 aliphatic rings. The summed E-state index contributed by atoms with van der Waals surface area (Å²) in [5, 5.41) is 3.34. The molecule has 1 aromatic heterocycles. The second kappa shape index (κ2) is 6.08. The Labute approximate surface area is 77.4 Å². The lowest BCUT2D eigenvalue weighted by Gasteiger charge is -2.00. The number of rotatable bonds is 6. The molecule has 0 amide bonds. The van der Waals surface area contributed by atoms with Crippen LogP contribution in [0.4, 0.5) is 0 Å². The van der Waals surface area contributed by atoms with E-state index in [2.05, 4.69) is 21.5 Å². The van der Waals surface area contributed by atoms with E-state index in [1.165, 1.54) is 12.2 Å². The quantitative estimate of drug-likeness (QED) is 0.655. The van der Waals surface area contributed by atoms with Gasteiger partial charge in [-0.1, -0.05) is 0 Å². The summed E-state index contributed by atoms with van der Waals surface area (Å²) in [5.41, 5.74) is 1.15. The monoisotopic (exact) mass is 185 g/mol. The van der Waals surface area contributed by atoms with Crippen LogP contribution in [-0.4, -0.2) is 28.5 Å². The normalized spacial score (nSPS) is 10.4. The summed E-state index contributed by atoms with van der Waals surface area (Å²) in [7, 11) is 0. The second-order valence-electron chi connectivity index (χ2n) is 2.60. The molecule has 2 N–H and O–H groups in total. The summed E-state index contributed by atoms with van der Waals surface area (Å²) >= 11 is 1.89. The van der Waals surface area contributed by atoms with Gasteiger partial charge in [0.05, 0.1) is 6.33 Å². The van der Waals surface area contributed by atoms with E-state index in [-0.39, 0.29) is 0 Å². The molecule has 0 saturated heterocycles. The molecule has 0 aliphatic heterocycles. The molecule has 1 heterocycles. The van der Waals surface area contributed by atoms with Crippen molar-refractivity contribution in [3.05, 3.63) is 18.2 Å². The van der Waals surface area contributed by atoms with Crippen LogP contribution < -0.4 is 5.32 Å². The van der Waals surface area contributed by atoms with Gasteiger partial charge in [0.15, 0.2) is 0 Å². The van der Waals surface area contributed by atoms with E-state index in [0.29, 0.717) is 0 Å². The molecular formula is C8H15N3S. The van der Waals surface area contributed by atoms with Gasteiger partial charge in [-0.15, -0.1) is 0 Å². The van der Waals surface area contributed by atoms with Crippen molar-refractivity contribution in [1.82, 2.24) is 15.3 Å². The summed E-state index contributed by atoms with van der Waals surface area (Å²) in [6, 6.07) is 0. The Balaban J connectivity index is 1.96. The van der Waals surface area contributed by atoms with Gasteiger partial charge in [-0.05, 0) is 25.0 Å². The van der Waals surface area contributed by atoms with E-state index in [9.17, 15) is 0 Å². The highest BCUT2D eigenvalue weighted by Crippen LogP contribution is 1.94. The van der Waals surface area contributed by atoms with Gasteiger partial charge in [0, 0.05) is 18.4 Å². The molecule has 1 aromatic rings. The predicted molar refractivity (Wildman–Crippen MR) is 53.3 cm³/mol. The van der Waals surface area contributed by atoms with Crippen molar-refractivity contribution >= 4 is 11.8 Å². The summed E-state index contributed by atoms with van der Waals surface area (Å²) in [6.07, 6.45) is 6.92. The maximum atomic E-state index is 3.94. The van der Waals surface area contributed by atoms with Gasteiger partial charge in [-0.2, -0.15) is 11.8 Å². The lowest BCUT2D eigenvalue weighted by molar-refractivity contribution is 0.670. The van der Waals surface area contributed by atoms with Crippen LogP contribution in [0.1, 0.15) is 12.1 Å². The zero-order valence-corrected chi connectivity index (χ0v) is 8.16. The Morgan fingerprint density at radius 1 is 1.67 bits per heavy atom. The third-order valence-electron chi connectivity index (χ3n) is 1.57. The summed E-state index contributed by atoms with van der Waals surface area (Å²) in [5.74, 6) is 1.23. The largest absolute Gasteiger partial charge is 0.347 e. The molecule has 4 heteroatoms. The van der Waals surface area contributed by atoms with Crippen molar-refractivity contribution in [3.63, 3.8) is 0 Å². The highest BCUT2D eigenvalue weighted by Gasteiger charge is 1.91. The molecule has 0 atom stereocenters. The number of aromatic nitrogens is 2. The first-order valence-electron chi connectivity index (χ1n) is 4.10. The van der Waals surface area contributed by atoms with Crippen LogP contribution in [0.5, 0.6) is 0 Å². The van der Waals surface area contributed by atoms with Crippen LogP contribution in [0.25, 0.3) is 0 Å². The standard InChI is InChI=1S/C8H15N3S/c1-12-4-2-3-9-5-8-6-10-7-11-8/h6-7,9H,2-5H2,1H3,(H,10,11). The molecule has 0 fully saturated rings. The summed E-state index contributed by atoms with van der Waals surface area (Å²) < 4.78 is 0. The van der Waals surface area contributed by atoms with E-state index < -0.39 is 0 Å².